The minimum Gasteiger partial charge on any atom is -0.479 e. The van der Waals surface area contributed by atoms with E-state index in [0.29, 0.717) is 11.9 Å². The van der Waals surface area contributed by atoms with Crippen molar-refractivity contribution in [3.63, 3.8) is 0 Å². The zero-order valence-electron chi connectivity index (χ0n) is 11.4. The third-order valence-corrected chi connectivity index (χ3v) is 3.26. The summed E-state index contributed by atoms with van der Waals surface area (Å²) in [5, 5.41) is 6.95. The van der Waals surface area contributed by atoms with Crippen LogP contribution in [0.25, 0.3) is 0 Å². The molecule has 2 rings (SSSR count). The predicted octanol–water partition coefficient (Wildman–Crippen LogP) is 1.32. The second kappa shape index (κ2) is 5.91. The molecule has 0 bridgehead atoms. The molecule has 0 aliphatic carbocycles. The number of nitrogens with one attached hydrogen (secondary N) is 2. The Balaban J connectivity index is 2.22. The quantitative estimate of drug-likeness (QED) is 0.844. The third-order valence-electron chi connectivity index (χ3n) is 3.26. The molecular weight excluding hydrogens is 228 g/mol. The average molecular weight is 250 g/mol. The highest BCUT2D eigenvalue weighted by molar-refractivity contribution is 5.74. The first-order chi connectivity index (χ1) is 8.72. The zero-order valence-corrected chi connectivity index (χ0v) is 11.4. The van der Waals surface area contributed by atoms with Crippen LogP contribution >= 0.6 is 0 Å². The Morgan fingerprint density at radius 1 is 1.39 bits per heavy atom. The number of anilines is 2. The summed E-state index contributed by atoms with van der Waals surface area (Å²) in [5.74, 6) is 0.666. The van der Waals surface area contributed by atoms with Crippen LogP contribution in [0, 0.1) is 0 Å². The molecule has 0 amide bonds. The Morgan fingerprint density at radius 3 is 2.72 bits per heavy atom. The topological polar surface area (TPSA) is 49.4 Å². The first kappa shape index (κ1) is 13.0. The van der Waals surface area contributed by atoms with Gasteiger partial charge in [-0.3, -0.25) is 0 Å². The third kappa shape index (κ3) is 2.85. The molecule has 1 fully saturated rings. The lowest BCUT2D eigenvalue weighted by molar-refractivity contribution is 0.397. The van der Waals surface area contributed by atoms with Crippen LogP contribution in [0.3, 0.4) is 0 Å². The number of pyridine rings is 1. The van der Waals surface area contributed by atoms with Gasteiger partial charge in [0.15, 0.2) is 0 Å². The van der Waals surface area contributed by atoms with Crippen molar-refractivity contribution >= 4 is 11.4 Å². The minimum atomic E-state index is 0.489. The van der Waals surface area contributed by atoms with E-state index in [1.54, 1.807) is 13.3 Å². The van der Waals surface area contributed by atoms with Gasteiger partial charge in [-0.05, 0) is 32.0 Å². The molecule has 1 aromatic heterocycles. The summed E-state index contributed by atoms with van der Waals surface area (Å²) in [5.41, 5.74) is 2.11. The minimum absolute atomic E-state index is 0.489. The van der Waals surface area contributed by atoms with Gasteiger partial charge in [-0.2, -0.15) is 0 Å². The van der Waals surface area contributed by atoms with Crippen molar-refractivity contribution in [2.75, 3.05) is 44.5 Å². The van der Waals surface area contributed by atoms with Crippen LogP contribution in [-0.2, 0) is 0 Å². The molecule has 5 heteroatoms. The van der Waals surface area contributed by atoms with Crippen LogP contribution in [0.2, 0.25) is 0 Å². The van der Waals surface area contributed by atoms with Gasteiger partial charge in [-0.1, -0.05) is 0 Å². The second-order valence-corrected chi connectivity index (χ2v) is 4.78. The molecule has 5 nitrogen and oxygen atoms in total. The molecule has 1 aliphatic heterocycles. The molecule has 2 heterocycles. The summed E-state index contributed by atoms with van der Waals surface area (Å²) >= 11 is 0. The van der Waals surface area contributed by atoms with Gasteiger partial charge in [-0.15, -0.1) is 0 Å². The largest absolute Gasteiger partial charge is 0.479 e. The fourth-order valence-corrected chi connectivity index (χ4v) is 2.27. The molecule has 2 N–H and O–H groups in total. The van der Waals surface area contributed by atoms with Crippen LogP contribution in [0.1, 0.15) is 12.8 Å². The van der Waals surface area contributed by atoms with Crippen molar-refractivity contribution in [1.29, 1.82) is 0 Å². The monoisotopic (exact) mass is 250 g/mol. The number of hydrogen-bond donors (Lipinski definition) is 2. The number of ether oxygens (including phenoxy) is 1. The van der Waals surface area contributed by atoms with E-state index in [0.717, 1.165) is 37.3 Å². The van der Waals surface area contributed by atoms with E-state index in [4.69, 9.17) is 4.74 Å². The van der Waals surface area contributed by atoms with Gasteiger partial charge in [-0.25, -0.2) is 4.98 Å². The van der Waals surface area contributed by atoms with E-state index in [9.17, 15) is 0 Å². The molecule has 0 aromatic carbocycles. The van der Waals surface area contributed by atoms with Gasteiger partial charge in [0.2, 0.25) is 5.88 Å². The van der Waals surface area contributed by atoms with Crippen molar-refractivity contribution in [1.82, 2.24) is 10.3 Å². The Bertz CT molecular complexity index is 389. The second-order valence-electron chi connectivity index (χ2n) is 4.78. The molecule has 1 aromatic rings. The van der Waals surface area contributed by atoms with E-state index >= 15 is 0 Å². The standard InChI is InChI=1S/C13H22N4O/c1-17(2)11-6-9-15-13(18-3)12(11)16-10-4-7-14-8-5-10/h6,9-10,14,16H,4-5,7-8H2,1-3H3. The van der Waals surface area contributed by atoms with Crippen LogP contribution in [0.4, 0.5) is 11.4 Å². The molecule has 1 aliphatic rings. The average Bonchev–Trinajstić information content (AvgIpc) is 2.40. The molecule has 0 saturated carbocycles. The number of piperidine rings is 1. The number of hydrogen-bond acceptors (Lipinski definition) is 5. The summed E-state index contributed by atoms with van der Waals surface area (Å²) in [6, 6.07) is 2.49. The molecule has 1 saturated heterocycles. The van der Waals surface area contributed by atoms with E-state index in [-0.39, 0.29) is 0 Å². The Hall–Kier alpha value is -1.49. The number of aromatic nitrogens is 1. The highest BCUT2D eigenvalue weighted by Gasteiger charge is 2.18. The zero-order chi connectivity index (χ0) is 13.0. The van der Waals surface area contributed by atoms with Crippen LogP contribution in [0.5, 0.6) is 5.88 Å². The highest BCUT2D eigenvalue weighted by Crippen LogP contribution is 2.33. The van der Waals surface area contributed by atoms with E-state index < -0.39 is 0 Å². The molecule has 0 spiro atoms. The van der Waals surface area contributed by atoms with Crippen LogP contribution < -0.4 is 20.3 Å². The van der Waals surface area contributed by atoms with Gasteiger partial charge in [0.05, 0.1) is 12.8 Å². The van der Waals surface area contributed by atoms with Crippen LogP contribution in [0.15, 0.2) is 12.3 Å². The Morgan fingerprint density at radius 2 is 2.11 bits per heavy atom. The summed E-state index contributed by atoms with van der Waals surface area (Å²) in [6.45, 7) is 2.13. The molecule has 18 heavy (non-hydrogen) atoms. The maximum absolute atomic E-state index is 5.36. The van der Waals surface area contributed by atoms with Gasteiger partial charge in [0.25, 0.3) is 0 Å². The van der Waals surface area contributed by atoms with Gasteiger partial charge in [0.1, 0.15) is 5.69 Å². The molecule has 0 radical (unpaired) electrons. The van der Waals surface area contributed by atoms with E-state index in [1.807, 2.05) is 20.2 Å². The first-order valence-electron chi connectivity index (χ1n) is 6.40. The number of methoxy groups -OCH3 is 1. The summed E-state index contributed by atoms with van der Waals surface area (Å²) in [4.78, 5) is 6.36. The lowest BCUT2D eigenvalue weighted by atomic mass is 10.1. The van der Waals surface area contributed by atoms with Gasteiger partial charge in [0, 0.05) is 26.3 Å². The number of nitrogens with zero attached hydrogens (tertiary/aromatic N) is 2. The van der Waals surface area contributed by atoms with Crippen LogP contribution in [-0.4, -0.2) is 45.3 Å². The first-order valence-corrected chi connectivity index (χ1v) is 6.40. The lowest BCUT2D eigenvalue weighted by Crippen LogP contribution is -2.35. The summed E-state index contributed by atoms with van der Waals surface area (Å²) in [7, 11) is 5.72. The molecule has 0 unspecified atom stereocenters. The van der Waals surface area contributed by atoms with Crippen molar-refractivity contribution in [3.05, 3.63) is 12.3 Å². The summed E-state index contributed by atoms with van der Waals surface area (Å²) in [6.07, 6.45) is 4.04. The lowest BCUT2D eigenvalue weighted by Gasteiger charge is -2.27. The smallest absolute Gasteiger partial charge is 0.239 e. The van der Waals surface area contributed by atoms with Gasteiger partial charge < -0.3 is 20.3 Å². The van der Waals surface area contributed by atoms with E-state index in [1.165, 1.54) is 0 Å². The van der Waals surface area contributed by atoms with Crippen molar-refractivity contribution in [2.45, 2.75) is 18.9 Å². The van der Waals surface area contributed by atoms with E-state index in [2.05, 4.69) is 20.5 Å². The van der Waals surface area contributed by atoms with Crippen molar-refractivity contribution < 1.29 is 4.74 Å². The SMILES string of the molecule is COc1nccc(N(C)C)c1NC1CCNCC1. The molecular formula is C13H22N4O. The maximum Gasteiger partial charge on any atom is 0.239 e. The fraction of sp³-hybridized carbons (Fsp3) is 0.615. The Kier molecular flexibility index (Phi) is 4.25. The highest BCUT2D eigenvalue weighted by atomic mass is 16.5. The van der Waals surface area contributed by atoms with Gasteiger partial charge >= 0.3 is 0 Å². The van der Waals surface area contributed by atoms with Crippen molar-refractivity contribution in [3.8, 4) is 5.88 Å². The number of rotatable bonds is 4. The summed E-state index contributed by atoms with van der Waals surface area (Å²) < 4.78 is 5.36. The fourth-order valence-electron chi connectivity index (χ4n) is 2.27. The molecule has 0 atom stereocenters. The van der Waals surface area contributed by atoms with Crippen molar-refractivity contribution in [2.24, 2.45) is 0 Å². The normalized spacial score (nSPS) is 16.4. The maximum atomic E-state index is 5.36. The predicted molar refractivity (Wildman–Crippen MR) is 74.6 cm³/mol. The molecule has 100 valence electrons. The Labute approximate surface area is 109 Å².